The molecule has 0 saturated heterocycles. The Morgan fingerprint density at radius 3 is 2.59 bits per heavy atom. The highest BCUT2D eigenvalue weighted by atomic mass is 79.9. The van der Waals surface area contributed by atoms with Crippen molar-refractivity contribution in [2.24, 2.45) is 0 Å². The number of nitrogens with one attached hydrogen (secondary N) is 2. The number of nitrogens with zero attached hydrogens (tertiary/aromatic N) is 1. The average Bonchev–Trinajstić information content (AvgIpc) is 2.68. The monoisotopic (exact) mass is 469 g/mol. The summed E-state index contributed by atoms with van der Waals surface area (Å²) in [6, 6.07) is 15.7. The van der Waals surface area contributed by atoms with Crippen LogP contribution in [0.4, 0.5) is 5.69 Å². The highest BCUT2D eigenvalue weighted by Gasteiger charge is 2.29. The van der Waals surface area contributed by atoms with Crippen molar-refractivity contribution in [3.05, 3.63) is 74.2 Å². The molecule has 0 bridgehead atoms. The Kier molecular flexibility index (Phi) is 6.78. The first-order valence-electron chi connectivity index (χ1n) is 9.07. The van der Waals surface area contributed by atoms with Crippen LogP contribution in [0, 0.1) is 25.2 Å². The smallest absolute Gasteiger partial charge is 0.234 e. The van der Waals surface area contributed by atoms with Crippen molar-refractivity contribution in [2.75, 3.05) is 11.1 Å². The standard InChI is InChI=1S/C22H20BrN3O2S/c1-13-3-6-15(7-4-13)16-10-20(27)26-22(17(16)11-24)29-12-21(28)25-19-8-5-14(2)9-18(19)23/h3-9,16H,10,12H2,1-2H3,(H,25,28)(H,26,27)/t16-/m1/s1. The summed E-state index contributed by atoms with van der Waals surface area (Å²) in [5.41, 5.74) is 4.29. The average molecular weight is 470 g/mol. The predicted molar refractivity (Wildman–Crippen MR) is 119 cm³/mol. The Hall–Kier alpha value is -2.56. The van der Waals surface area contributed by atoms with Crippen molar-refractivity contribution in [3.8, 4) is 6.07 Å². The molecule has 1 aliphatic rings. The molecule has 2 amide bonds. The quantitative estimate of drug-likeness (QED) is 0.659. The van der Waals surface area contributed by atoms with Gasteiger partial charge in [-0.15, -0.1) is 0 Å². The minimum absolute atomic E-state index is 0.0850. The fraction of sp³-hybridized carbons (Fsp3) is 0.227. The zero-order chi connectivity index (χ0) is 21.0. The van der Waals surface area contributed by atoms with E-state index in [-0.39, 0.29) is 29.9 Å². The van der Waals surface area contributed by atoms with Crippen molar-refractivity contribution < 1.29 is 9.59 Å². The van der Waals surface area contributed by atoms with Crippen LogP contribution in [-0.2, 0) is 9.59 Å². The van der Waals surface area contributed by atoms with Gasteiger partial charge in [0.25, 0.3) is 0 Å². The van der Waals surface area contributed by atoms with Crippen LogP contribution in [0.3, 0.4) is 0 Å². The fourth-order valence-corrected chi connectivity index (χ4v) is 4.53. The molecule has 3 rings (SSSR count). The second-order valence-corrected chi connectivity index (χ2v) is 8.73. The van der Waals surface area contributed by atoms with E-state index in [2.05, 4.69) is 32.6 Å². The highest BCUT2D eigenvalue weighted by Crippen LogP contribution is 2.36. The van der Waals surface area contributed by atoms with Gasteiger partial charge >= 0.3 is 0 Å². The van der Waals surface area contributed by atoms with E-state index in [1.165, 1.54) is 11.8 Å². The van der Waals surface area contributed by atoms with Crippen molar-refractivity contribution in [3.63, 3.8) is 0 Å². The van der Waals surface area contributed by atoms with E-state index in [4.69, 9.17) is 0 Å². The maximum atomic E-state index is 12.4. The molecule has 2 N–H and O–H groups in total. The molecule has 0 aliphatic carbocycles. The minimum atomic E-state index is -0.300. The maximum Gasteiger partial charge on any atom is 0.234 e. The number of benzene rings is 2. The zero-order valence-electron chi connectivity index (χ0n) is 16.1. The molecule has 1 heterocycles. The summed E-state index contributed by atoms with van der Waals surface area (Å²) in [6.07, 6.45) is 0.221. The molecule has 2 aromatic rings. The predicted octanol–water partition coefficient (Wildman–Crippen LogP) is 4.78. The molecule has 7 heteroatoms. The number of anilines is 1. The van der Waals surface area contributed by atoms with E-state index in [1.54, 1.807) is 0 Å². The largest absolute Gasteiger partial charge is 0.324 e. The molecule has 0 saturated carbocycles. The number of aryl methyl sites for hydroxylation is 2. The van der Waals surface area contributed by atoms with E-state index in [0.717, 1.165) is 21.2 Å². The Labute approximate surface area is 182 Å². The Morgan fingerprint density at radius 1 is 1.24 bits per heavy atom. The van der Waals surface area contributed by atoms with E-state index in [0.29, 0.717) is 16.3 Å². The fourth-order valence-electron chi connectivity index (χ4n) is 3.06. The lowest BCUT2D eigenvalue weighted by Crippen LogP contribution is -2.31. The minimum Gasteiger partial charge on any atom is -0.324 e. The van der Waals surface area contributed by atoms with E-state index in [1.807, 2.05) is 56.3 Å². The summed E-state index contributed by atoms with van der Waals surface area (Å²) in [5.74, 6) is -0.581. The number of hydrogen-bond acceptors (Lipinski definition) is 4. The molecular weight excluding hydrogens is 450 g/mol. The first-order valence-corrected chi connectivity index (χ1v) is 10.8. The number of allylic oxidation sites excluding steroid dienone is 1. The van der Waals surface area contributed by atoms with Crippen LogP contribution in [0.15, 0.2) is 57.5 Å². The van der Waals surface area contributed by atoms with Gasteiger partial charge in [0.05, 0.1) is 28.1 Å². The van der Waals surface area contributed by atoms with Crippen molar-refractivity contribution in [1.29, 1.82) is 5.26 Å². The van der Waals surface area contributed by atoms with E-state index in [9.17, 15) is 14.9 Å². The number of rotatable bonds is 5. The zero-order valence-corrected chi connectivity index (χ0v) is 18.5. The van der Waals surface area contributed by atoms with Crippen molar-refractivity contribution in [1.82, 2.24) is 5.32 Å². The molecule has 1 aliphatic heterocycles. The lowest BCUT2D eigenvalue weighted by atomic mass is 9.87. The van der Waals surface area contributed by atoms with Gasteiger partial charge in [0.1, 0.15) is 0 Å². The van der Waals surface area contributed by atoms with Crippen LogP contribution < -0.4 is 10.6 Å². The molecule has 0 spiro atoms. The van der Waals surface area contributed by atoms with Gasteiger partial charge in [-0.1, -0.05) is 47.7 Å². The van der Waals surface area contributed by atoms with Gasteiger partial charge in [-0.2, -0.15) is 5.26 Å². The number of halogens is 1. The van der Waals surface area contributed by atoms with Crippen LogP contribution in [0.25, 0.3) is 0 Å². The van der Waals surface area contributed by atoms with E-state index >= 15 is 0 Å². The number of carbonyl (C=O) groups is 2. The van der Waals surface area contributed by atoms with Crippen molar-refractivity contribution >= 4 is 45.2 Å². The van der Waals surface area contributed by atoms with Gasteiger partial charge < -0.3 is 10.6 Å². The summed E-state index contributed by atoms with van der Waals surface area (Å²) in [7, 11) is 0. The summed E-state index contributed by atoms with van der Waals surface area (Å²) in [6.45, 7) is 3.96. The highest BCUT2D eigenvalue weighted by molar-refractivity contribution is 9.10. The lowest BCUT2D eigenvalue weighted by Gasteiger charge is -2.25. The molecule has 1 atom stereocenters. The van der Waals surface area contributed by atoms with Gasteiger partial charge in [-0.25, -0.2) is 0 Å². The molecule has 0 radical (unpaired) electrons. The number of thioether (sulfide) groups is 1. The number of hydrogen-bond donors (Lipinski definition) is 2. The third kappa shape index (κ3) is 5.28. The van der Waals surface area contributed by atoms with Gasteiger partial charge in [0.15, 0.2) is 0 Å². The Morgan fingerprint density at radius 2 is 1.93 bits per heavy atom. The van der Waals surface area contributed by atoms with Crippen LogP contribution in [-0.4, -0.2) is 17.6 Å². The number of nitriles is 1. The maximum absolute atomic E-state index is 12.4. The van der Waals surface area contributed by atoms with Gasteiger partial charge in [0.2, 0.25) is 11.8 Å². The van der Waals surface area contributed by atoms with Crippen LogP contribution in [0.2, 0.25) is 0 Å². The van der Waals surface area contributed by atoms with Gasteiger partial charge in [-0.05, 0) is 53.0 Å². The summed E-state index contributed by atoms with van der Waals surface area (Å²) < 4.78 is 0.804. The Bertz CT molecular complexity index is 1030. The molecular formula is C22H20BrN3O2S. The van der Waals surface area contributed by atoms with Gasteiger partial charge in [0, 0.05) is 16.8 Å². The normalized spacial score (nSPS) is 16.2. The number of carbonyl (C=O) groups excluding carboxylic acids is 2. The summed E-state index contributed by atoms with van der Waals surface area (Å²) in [5, 5.41) is 15.8. The van der Waals surface area contributed by atoms with Crippen molar-refractivity contribution in [2.45, 2.75) is 26.2 Å². The van der Waals surface area contributed by atoms with Crippen LogP contribution in [0.1, 0.15) is 29.0 Å². The first kappa shape index (κ1) is 21.2. The third-order valence-corrected chi connectivity index (χ3v) is 6.26. The second kappa shape index (κ2) is 9.29. The van der Waals surface area contributed by atoms with Crippen LogP contribution >= 0.6 is 27.7 Å². The lowest BCUT2D eigenvalue weighted by molar-refractivity contribution is -0.121. The molecule has 2 aromatic carbocycles. The van der Waals surface area contributed by atoms with E-state index < -0.39 is 0 Å². The molecule has 29 heavy (non-hydrogen) atoms. The molecule has 0 fully saturated rings. The summed E-state index contributed by atoms with van der Waals surface area (Å²) >= 11 is 4.61. The van der Waals surface area contributed by atoms with Crippen LogP contribution in [0.5, 0.6) is 0 Å². The summed E-state index contributed by atoms with van der Waals surface area (Å²) in [4.78, 5) is 24.6. The third-order valence-electron chi connectivity index (χ3n) is 4.58. The molecule has 0 aromatic heterocycles. The molecule has 148 valence electrons. The topological polar surface area (TPSA) is 82.0 Å². The Balaban J connectivity index is 1.75. The molecule has 0 unspecified atom stereocenters. The molecule has 5 nitrogen and oxygen atoms in total. The van der Waals surface area contributed by atoms with Gasteiger partial charge in [-0.3, -0.25) is 9.59 Å². The first-order chi connectivity index (χ1) is 13.9. The number of amides is 2. The second-order valence-electron chi connectivity index (χ2n) is 6.89. The SMILES string of the molecule is Cc1ccc([C@H]2CC(=O)NC(SCC(=O)Nc3ccc(C)cc3Br)=C2C#N)cc1.